The summed E-state index contributed by atoms with van der Waals surface area (Å²) in [5, 5.41) is 9.27. The Morgan fingerprint density at radius 1 is 1.50 bits per heavy atom. The van der Waals surface area contributed by atoms with E-state index in [0.717, 1.165) is 12.3 Å². The van der Waals surface area contributed by atoms with Crippen molar-refractivity contribution in [1.82, 2.24) is 0 Å². The van der Waals surface area contributed by atoms with Gasteiger partial charge in [-0.25, -0.2) is 4.39 Å². The molecule has 88 valence electrons. The zero-order valence-corrected chi connectivity index (χ0v) is 9.45. The standard InChI is InChI=1S/C13H17FO2/c1-9(15)12-5-4-11(8-13(12)14)16-7-6-10-2-3-10/h4-5,8-10,15H,2-3,6-7H2,1H3. The predicted octanol–water partition coefficient (Wildman–Crippen LogP) is 3.06. The van der Waals surface area contributed by atoms with Crippen LogP contribution >= 0.6 is 0 Å². The number of benzene rings is 1. The van der Waals surface area contributed by atoms with Crippen molar-refractivity contribution in [3.63, 3.8) is 0 Å². The van der Waals surface area contributed by atoms with Crippen molar-refractivity contribution < 1.29 is 14.2 Å². The van der Waals surface area contributed by atoms with Crippen LogP contribution in [-0.4, -0.2) is 11.7 Å². The van der Waals surface area contributed by atoms with Crippen molar-refractivity contribution in [2.75, 3.05) is 6.61 Å². The van der Waals surface area contributed by atoms with E-state index in [1.807, 2.05) is 0 Å². The summed E-state index contributed by atoms with van der Waals surface area (Å²) in [7, 11) is 0. The van der Waals surface area contributed by atoms with Crippen molar-refractivity contribution in [2.45, 2.75) is 32.3 Å². The van der Waals surface area contributed by atoms with E-state index >= 15 is 0 Å². The Morgan fingerprint density at radius 2 is 2.25 bits per heavy atom. The molecule has 0 bridgehead atoms. The Balaban J connectivity index is 1.91. The van der Waals surface area contributed by atoms with Crippen molar-refractivity contribution in [3.05, 3.63) is 29.6 Å². The van der Waals surface area contributed by atoms with E-state index in [9.17, 15) is 9.50 Å². The average Bonchev–Trinajstić information content (AvgIpc) is 3.01. The molecule has 0 amide bonds. The van der Waals surface area contributed by atoms with Crippen LogP contribution in [0.25, 0.3) is 0 Å². The summed E-state index contributed by atoms with van der Waals surface area (Å²) in [6.07, 6.45) is 2.89. The van der Waals surface area contributed by atoms with Gasteiger partial charge in [-0.1, -0.05) is 12.8 Å². The van der Waals surface area contributed by atoms with Crippen LogP contribution in [-0.2, 0) is 0 Å². The van der Waals surface area contributed by atoms with Gasteiger partial charge >= 0.3 is 0 Å². The van der Waals surface area contributed by atoms with E-state index in [2.05, 4.69) is 0 Å². The third-order valence-electron chi connectivity index (χ3n) is 2.91. The summed E-state index contributed by atoms with van der Waals surface area (Å²) in [5.41, 5.74) is 0.314. The van der Waals surface area contributed by atoms with Crippen molar-refractivity contribution in [1.29, 1.82) is 0 Å². The van der Waals surface area contributed by atoms with Gasteiger partial charge < -0.3 is 9.84 Å². The fourth-order valence-corrected chi connectivity index (χ4v) is 1.69. The molecular weight excluding hydrogens is 207 g/mol. The van der Waals surface area contributed by atoms with Gasteiger partial charge in [-0.3, -0.25) is 0 Å². The molecule has 1 aliphatic rings. The predicted molar refractivity (Wildman–Crippen MR) is 59.9 cm³/mol. The summed E-state index contributed by atoms with van der Waals surface area (Å²) in [6, 6.07) is 4.62. The zero-order chi connectivity index (χ0) is 11.5. The number of hydrogen-bond acceptors (Lipinski definition) is 2. The van der Waals surface area contributed by atoms with Crippen molar-refractivity contribution in [2.24, 2.45) is 5.92 Å². The lowest BCUT2D eigenvalue weighted by molar-refractivity contribution is 0.194. The molecule has 2 nitrogen and oxygen atoms in total. The van der Waals surface area contributed by atoms with Crippen LogP contribution in [0.5, 0.6) is 5.75 Å². The largest absolute Gasteiger partial charge is 0.493 e. The quantitative estimate of drug-likeness (QED) is 0.833. The highest BCUT2D eigenvalue weighted by atomic mass is 19.1. The molecule has 1 unspecified atom stereocenters. The zero-order valence-electron chi connectivity index (χ0n) is 9.45. The van der Waals surface area contributed by atoms with Gasteiger partial charge in [-0.05, 0) is 31.4 Å². The van der Waals surface area contributed by atoms with Crippen LogP contribution in [0.15, 0.2) is 18.2 Å². The summed E-state index contributed by atoms with van der Waals surface area (Å²) in [5.74, 6) is 0.961. The van der Waals surface area contributed by atoms with E-state index in [4.69, 9.17) is 4.74 Å². The second-order valence-corrected chi connectivity index (χ2v) is 4.44. The molecule has 1 N–H and O–H groups in total. The first-order chi connectivity index (χ1) is 7.66. The highest BCUT2D eigenvalue weighted by molar-refractivity contribution is 5.29. The Morgan fingerprint density at radius 3 is 2.81 bits per heavy atom. The number of hydrogen-bond donors (Lipinski definition) is 1. The monoisotopic (exact) mass is 224 g/mol. The van der Waals surface area contributed by atoms with E-state index in [1.54, 1.807) is 19.1 Å². The fourth-order valence-electron chi connectivity index (χ4n) is 1.69. The second kappa shape index (κ2) is 4.83. The van der Waals surface area contributed by atoms with Gasteiger partial charge in [0.1, 0.15) is 11.6 Å². The van der Waals surface area contributed by atoms with Gasteiger partial charge in [0, 0.05) is 11.6 Å². The topological polar surface area (TPSA) is 29.5 Å². The van der Waals surface area contributed by atoms with Crippen molar-refractivity contribution in [3.8, 4) is 5.75 Å². The highest BCUT2D eigenvalue weighted by Gasteiger charge is 2.20. The third kappa shape index (κ3) is 2.95. The lowest BCUT2D eigenvalue weighted by Crippen LogP contribution is -2.00. The second-order valence-electron chi connectivity index (χ2n) is 4.44. The van der Waals surface area contributed by atoms with Crippen LogP contribution in [0.3, 0.4) is 0 Å². The van der Waals surface area contributed by atoms with Gasteiger partial charge in [0.2, 0.25) is 0 Å². The highest BCUT2D eigenvalue weighted by Crippen LogP contribution is 2.32. The van der Waals surface area contributed by atoms with Gasteiger partial charge in [0.15, 0.2) is 0 Å². The van der Waals surface area contributed by atoms with Gasteiger partial charge in [0.25, 0.3) is 0 Å². The Kier molecular flexibility index (Phi) is 3.44. The fraction of sp³-hybridized carbons (Fsp3) is 0.538. The SMILES string of the molecule is CC(O)c1ccc(OCCC2CC2)cc1F. The molecule has 0 aliphatic heterocycles. The molecule has 0 radical (unpaired) electrons. The molecule has 1 aromatic rings. The number of aliphatic hydroxyl groups excluding tert-OH is 1. The molecule has 2 rings (SSSR count). The summed E-state index contributed by atoms with van der Waals surface area (Å²) < 4.78 is 18.9. The Bertz CT molecular complexity index is 359. The van der Waals surface area contributed by atoms with Gasteiger partial charge in [-0.2, -0.15) is 0 Å². The lowest BCUT2D eigenvalue weighted by Gasteiger charge is -2.09. The Hall–Kier alpha value is -1.09. The van der Waals surface area contributed by atoms with Crippen LogP contribution < -0.4 is 4.74 Å². The summed E-state index contributed by atoms with van der Waals surface area (Å²) in [6.45, 7) is 2.20. The first kappa shape index (κ1) is 11.4. The smallest absolute Gasteiger partial charge is 0.132 e. The number of rotatable bonds is 5. The normalized spacial score (nSPS) is 17.2. The van der Waals surface area contributed by atoms with Crippen molar-refractivity contribution >= 4 is 0 Å². The maximum absolute atomic E-state index is 13.5. The molecule has 16 heavy (non-hydrogen) atoms. The molecule has 3 heteroatoms. The molecule has 1 aliphatic carbocycles. The molecular formula is C13H17FO2. The summed E-state index contributed by atoms with van der Waals surface area (Å²) >= 11 is 0. The maximum Gasteiger partial charge on any atom is 0.132 e. The minimum atomic E-state index is -0.777. The Labute approximate surface area is 95.1 Å². The molecule has 1 aromatic carbocycles. The maximum atomic E-state index is 13.5. The minimum absolute atomic E-state index is 0.314. The number of ether oxygens (including phenoxy) is 1. The molecule has 0 aromatic heterocycles. The molecule has 1 atom stereocenters. The average molecular weight is 224 g/mol. The van der Waals surface area contributed by atoms with Gasteiger partial charge in [-0.15, -0.1) is 0 Å². The van der Waals surface area contributed by atoms with E-state index in [1.165, 1.54) is 18.9 Å². The first-order valence-corrected chi connectivity index (χ1v) is 5.77. The molecule has 0 saturated heterocycles. The van der Waals surface area contributed by atoms with Gasteiger partial charge in [0.05, 0.1) is 12.7 Å². The molecule has 0 heterocycles. The lowest BCUT2D eigenvalue weighted by atomic mass is 10.1. The van der Waals surface area contributed by atoms with Crippen LogP contribution in [0.2, 0.25) is 0 Å². The molecule has 0 spiro atoms. The van der Waals surface area contributed by atoms with Crippen LogP contribution in [0, 0.1) is 11.7 Å². The molecule has 1 fully saturated rings. The summed E-state index contributed by atoms with van der Waals surface area (Å²) in [4.78, 5) is 0. The number of halogens is 1. The van der Waals surface area contributed by atoms with Crippen LogP contribution in [0.4, 0.5) is 4.39 Å². The first-order valence-electron chi connectivity index (χ1n) is 5.77. The third-order valence-corrected chi connectivity index (χ3v) is 2.91. The number of aliphatic hydroxyl groups is 1. The van der Waals surface area contributed by atoms with E-state index in [0.29, 0.717) is 17.9 Å². The van der Waals surface area contributed by atoms with E-state index in [-0.39, 0.29) is 0 Å². The van der Waals surface area contributed by atoms with Crippen LogP contribution in [0.1, 0.15) is 37.9 Å². The molecule has 1 saturated carbocycles. The van der Waals surface area contributed by atoms with E-state index < -0.39 is 11.9 Å². The minimum Gasteiger partial charge on any atom is -0.493 e.